The molecule has 0 bridgehead atoms. The zero-order valence-corrected chi connectivity index (χ0v) is 16.8. The third-order valence-electron chi connectivity index (χ3n) is 4.24. The van der Waals surface area contributed by atoms with Crippen molar-refractivity contribution in [1.29, 1.82) is 0 Å². The molecule has 144 valence electrons. The summed E-state index contributed by atoms with van der Waals surface area (Å²) in [4.78, 5) is 21.9. The normalized spacial score (nSPS) is 10.7. The summed E-state index contributed by atoms with van der Waals surface area (Å²) in [6, 6.07) is 15.1. The van der Waals surface area contributed by atoms with Crippen LogP contribution in [0.4, 0.5) is 16.0 Å². The minimum absolute atomic E-state index is 0.0637. The second-order valence-electron chi connectivity index (χ2n) is 6.12. The van der Waals surface area contributed by atoms with Crippen LogP contribution in [0.5, 0.6) is 0 Å². The Morgan fingerprint density at radius 1 is 1.10 bits per heavy atom. The lowest BCUT2D eigenvalue weighted by Gasteiger charge is -2.19. The van der Waals surface area contributed by atoms with Gasteiger partial charge >= 0.3 is 0 Å². The van der Waals surface area contributed by atoms with Crippen molar-refractivity contribution in [2.75, 3.05) is 4.90 Å². The molecule has 0 unspecified atom stereocenters. The zero-order chi connectivity index (χ0) is 20.4. The lowest BCUT2D eigenvalue weighted by Crippen LogP contribution is -2.24. The van der Waals surface area contributed by atoms with Gasteiger partial charge in [-0.25, -0.2) is 19.3 Å². The Morgan fingerprint density at radius 2 is 1.86 bits per heavy atom. The van der Waals surface area contributed by atoms with E-state index in [1.54, 1.807) is 24.4 Å². The van der Waals surface area contributed by atoms with Crippen LogP contribution < -0.4 is 4.90 Å². The number of aromatic nitrogens is 3. The fourth-order valence-electron chi connectivity index (χ4n) is 2.96. The largest absolute Gasteiger partial charge is 0.336 e. The van der Waals surface area contributed by atoms with Crippen LogP contribution >= 0.6 is 15.9 Å². The molecule has 0 atom stereocenters. The molecule has 0 radical (unpaired) electrons. The maximum absolute atomic E-state index is 14.5. The number of hydrogen-bond donors (Lipinski definition) is 0. The molecule has 2 aromatic carbocycles. The standard InChI is InChI=1S/C21H14BrFN4O2/c1-13(28)27(18-5-3-2-4-16(18)23)21-19(17-10-11-24-12-25-17)20(26-29-21)14-6-8-15(22)9-7-14/h2-12H,1H3. The Kier molecular flexibility index (Phi) is 5.18. The van der Waals surface area contributed by atoms with Crippen molar-refractivity contribution >= 4 is 33.4 Å². The van der Waals surface area contributed by atoms with Gasteiger partial charge in [0.2, 0.25) is 11.8 Å². The zero-order valence-electron chi connectivity index (χ0n) is 15.2. The molecule has 4 rings (SSSR count). The summed E-state index contributed by atoms with van der Waals surface area (Å²) in [5.74, 6) is -0.902. The van der Waals surface area contributed by atoms with Gasteiger partial charge < -0.3 is 4.52 Å². The fraction of sp³-hybridized carbons (Fsp3) is 0.0476. The second kappa shape index (κ2) is 7.92. The monoisotopic (exact) mass is 452 g/mol. The first-order chi connectivity index (χ1) is 14.1. The maximum Gasteiger partial charge on any atom is 0.248 e. The molecule has 6 nitrogen and oxygen atoms in total. The summed E-state index contributed by atoms with van der Waals surface area (Å²) < 4.78 is 21.0. The first-order valence-electron chi connectivity index (χ1n) is 8.63. The number of hydrogen-bond acceptors (Lipinski definition) is 5. The number of carbonyl (C=O) groups is 1. The maximum atomic E-state index is 14.5. The molecule has 1 amide bonds. The number of halogens is 2. The highest BCUT2D eigenvalue weighted by molar-refractivity contribution is 9.10. The Balaban J connectivity index is 1.97. The molecule has 0 N–H and O–H groups in total. The molecule has 0 aliphatic rings. The quantitative estimate of drug-likeness (QED) is 0.415. The third kappa shape index (κ3) is 3.66. The number of para-hydroxylation sites is 1. The van der Waals surface area contributed by atoms with E-state index >= 15 is 0 Å². The first kappa shape index (κ1) is 18.9. The summed E-state index contributed by atoms with van der Waals surface area (Å²) in [6.45, 7) is 1.33. The SMILES string of the molecule is CC(=O)N(c1ccccc1F)c1onc(-c2ccc(Br)cc2)c1-c1ccncn1. The number of amides is 1. The van der Waals surface area contributed by atoms with Crippen LogP contribution in [-0.2, 0) is 4.79 Å². The molecule has 0 spiro atoms. The highest BCUT2D eigenvalue weighted by atomic mass is 79.9. The van der Waals surface area contributed by atoms with Crippen LogP contribution in [0.3, 0.4) is 0 Å². The van der Waals surface area contributed by atoms with E-state index in [9.17, 15) is 9.18 Å². The van der Waals surface area contributed by atoms with E-state index in [4.69, 9.17) is 4.52 Å². The fourth-order valence-corrected chi connectivity index (χ4v) is 3.23. The van der Waals surface area contributed by atoms with Gasteiger partial charge in [0.1, 0.15) is 17.8 Å². The molecule has 0 fully saturated rings. The van der Waals surface area contributed by atoms with Gasteiger partial charge in [-0.05, 0) is 30.3 Å². The smallest absolute Gasteiger partial charge is 0.248 e. The van der Waals surface area contributed by atoms with E-state index in [1.165, 1.54) is 25.4 Å². The Morgan fingerprint density at radius 3 is 2.52 bits per heavy atom. The van der Waals surface area contributed by atoms with Gasteiger partial charge in [-0.2, -0.15) is 0 Å². The van der Waals surface area contributed by atoms with Gasteiger partial charge in [-0.1, -0.05) is 45.4 Å². The van der Waals surface area contributed by atoms with Crippen molar-refractivity contribution in [1.82, 2.24) is 15.1 Å². The number of anilines is 2. The van der Waals surface area contributed by atoms with E-state index in [-0.39, 0.29) is 11.6 Å². The summed E-state index contributed by atoms with van der Waals surface area (Å²) in [5.41, 5.74) is 2.27. The molecule has 0 aliphatic carbocycles. The Hall–Kier alpha value is -3.39. The lowest BCUT2D eigenvalue weighted by atomic mass is 10.0. The average Bonchev–Trinajstić information content (AvgIpc) is 3.15. The van der Waals surface area contributed by atoms with Crippen molar-refractivity contribution in [2.24, 2.45) is 0 Å². The molecule has 0 saturated carbocycles. The molecule has 0 saturated heterocycles. The molecule has 8 heteroatoms. The van der Waals surface area contributed by atoms with Crippen LogP contribution in [-0.4, -0.2) is 21.0 Å². The van der Waals surface area contributed by atoms with Crippen LogP contribution in [0, 0.1) is 5.82 Å². The number of rotatable bonds is 4. The second-order valence-corrected chi connectivity index (χ2v) is 7.03. The number of nitrogens with zero attached hydrogens (tertiary/aromatic N) is 4. The van der Waals surface area contributed by atoms with Gasteiger partial charge in [0.15, 0.2) is 0 Å². The molecule has 29 heavy (non-hydrogen) atoms. The van der Waals surface area contributed by atoms with Crippen LogP contribution in [0.2, 0.25) is 0 Å². The molecule has 2 heterocycles. The van der Waals surface area contributed by atoms with E-state index in [0.29, 0.717) is 17.0 Å². The van der Waals surface area contributed by atoms with Crippen molar-refractivity contribution in [3.63, 3.8) is 0 Å². The summed E-state index contributed by atoms with van der Waals surface area (Å²) in [5, 5.41) is 4.18. The topological polar surface area (TPSA) is 72.1 Å². The van der Waals surface area contributed by atoms with Crippen molar-refractivity contribution in [3.05, 3.63) is 77.4 Å². The van der Waals surface area contributed by atoms with Crippen molar-refractivity contribution in [2.45, 2.75) is 6.92 Å². The van der Waals surface area contributed by atoms with Crippen LogP contribution in [0.25, 0.3) is 22.5 Å². The van der Waals surface area contributed by atoms with E-state index in [0.717, 1.165) is 14.9 Å². The third-order valence-corrected chi connectivity index (χ3v) is 4.77. The predicted molar refractivity (Wildman–Crippen MR) is 110 cm³/mol. The van der Waals surface area contributed by atoms with Gasteiger partial charge in [0.05, 0.1) is 16.9 Å². The molecular formula is C21H14BrFN4O2. The summed E-state index contributed by atoms with van der Waals surface area (Å²) in [6.07, 6.45) is 2.96. The molecule has 2 aromatic heterocycles. The van der Waals surface area contributed by atoms with E-state index < -0.39 is 11.7 Å². The van der Waals surface area contributed by atoms with Gasteiger partial charge in [0, 0.05) is 23.2 Å². The van der Waals surface area contributed by atoms with Crippen LogP contribution in [0.1, 0.15) is 6.92 Å². The summed E-state index contributed by atoms with van der Waals surface area (Å²) >= 11 is 3.41. The molecular weight excluding hydrogens is 439 g/mol. The number of carbonyl (C=O) groups excluding carboxylic acids is 1. The highest BCUT2D eigenvalue weighted by Gasteiger charge is 2.29. The van der Waals surface area contributed by atoms with Gasteiger partial charge in [-0.15, -0.1) is 0 Å². The minimum Gasteiger partial charge on any atom is -0.336 e. The Labute approximate surface area is 174 Å². The number of benzene rings is 2. The first-order valence-corrected chi connectivity index (χ1v) is 9.43. The van der Waals surface area contributed by atoms with Crippen molar-refractivity contribution in [3.8, 4) is 22.5 Å². The van der Waals surface area contributed by atoms with Gasteiger partial charge in [0.25, 0.3) is 0 Å². The average molecular weight is 453 g/mol. The Bertz CT molecular complexity index is 1160. The molecule has 4 aromatic rings. The highest BCUT2D eigenvalue weighted by Crippen LogP contribution is 2.41. The predicted octanol–water partition coefficient (Wildman–Crippen LogP) is 5.38. The summed E-state index contributed by atoms with van der Waals surface area (Å²) in [7, 11) is 0. The minimum atomic E-state index is -0.557. The van der Waals surface area contributed by atoms with Crippen molar-refractivity contribution < 1.29 is 13.7 Å². The molecule has 0 aliphatic heterocycles. The van der Waals surface area contributed by atoms with Crippen LogP contribution in [0.15, 0.2) is 76.1 Å². The van der Waals surface area contributed by atoms with Gasteiger partial charge in [-0.3, -0.25) is 4.79 Å². The van der Waals surface area contributed by atoms with E-state index in [1.807, 2.05) is 24.3 Å². The van der Waals surface area contributed by atoms with E-state index in [2.05, 4.69) is 31.1 Å². The lowest BCUT2D eigenvalue weighted by molar-refractivity contribution is -0.116.